The highest BCUT2D eigenvalue weighted by molar-refractivity contribution is 5.80. The van der Waals surface area contributed by atoms with Crippen LogP contribution < -0.4 is 11.1 Å². The number of benzene rings is 1. The first-order chi connectivity index (χ1) is 10.5. The first-order valence-corrected chi connectivity index (χ1v) is 6.45. The summed E-state index contributed by atoms with van der Waals surface area (Å²) in [6, 6.07) is 3.36. The Kier molecular flexibility index (Phi) is 3.13. The molecule has 0 spiro atoms. The van der Waals surface area contributed by atoms with Crippen LogP contribution in [0, 0.1) is 6.92 Å². The number of nitrogens with one attached hydrogen (secondary N) is 1. The van der Waals surface area contributed by atoms with Gasteiger partial charge in [-0.2, -0.15) is 0 Å². The fourth-order valence-corrected chi connectivity index (χ4v) is 2.39. The summed E-state index contributed by atoms with van der Waals surface area (Å²) in [7, 11) is 0. The molecule has 0 bridgehead atoms. The van der Waals surface area contributed by atoms with Crippen LogP contribution in [0.1, 0.15) is 5.56 Å². The van der Waals surface area contributed by atoms with Gasteiger partial charge < -0.3 is 14.7 Å². The van der Waals surface area contributed by atoms with Gasteiger partial charge in [0, 0.05) is 12.4 Å². The van der Waals surface area contributed by atoms with E-state index in [0.29, 0.717) is 11.0 Å². The summed E-state index contributed by atoms with van der Waals surface area (Å²) in [5, 5.41) is 8.96. The number of aromatic nitrogens is 4. The third kappa shape index (κ3) is 2.20. The van der Waals surface area contributed by atoms with Crippen molar-refractivity contribution >= 4 is 17.0 Å². The van der Waals surface area contributed by atoms with Gasteiger partial charge in [-0.3, -0.25) is 19.0 Å². The standard InChI is InChI=1S/C14H12N4O4/c1-8-4-9-11(5-10(8)17-3-2-15-7-17)18(6-12(19)20)14(22)13(21)16-9/h2-5,7H,6H2,1H3,(H,16,21)(H,19,20). The molecular formula is C14H12N4O4. The molecule has 0 radical (unpaired) electrons. The van der Waals surface area contributed by atoms with Gasteiger partial charge in [-0.15, -0.1) is 0 Å². The lowest BCUT2D eigenvalue weighted by Crippen LogP contribution is -2.37. The van der Waals surface area contributed by atoms with E-state index in [1.54, 1.807) is 35.4 Å². The molecule has 0 aliphatic carbocycles. The quantitative estimate of drug-likeness (QED) is 0.675. The van der Waals surface area contributed by atoms with Crippen LogP contribution in [-0.2, 0) is 11.3 Å². The van der Waals surface area contributed by atoms with Gasteiger partial charge in [0.2, 0.25) is 0 Å². The van der Waals surface area contributed by atoms with Crippen molar-refractivity contribution in [1.82, 2.24) is 19.1 Å². The van der Waals surface area contributed by atoms with Crippen molar-refractivity contribution < 1.29 is 9.90 Å². The van der Waals surface area contributed by atoms with Gasteiger partial charge in [-0.1, -0.05) is 0 Å². The van der Waals surface area contributed by atoms with Crippen molar-refractivity contribution in [3.05, 3.63) is 57.1 Å². The Balaban J connectivity index is 2.39. The number of aliphatic carboxylic acids is 1. The van der Waals surface area contributed by atoms with Crippen molar-refractivity contribution in [2.45, 2.75) is 13.5 Å². The summed E-state index contributed by atoms with van der Waals surface area (Å²) in [5.41, 5.74) is 0.615. The fraction of sp³-hybridized carbons (Fsp3) is 0.143. The summed E-state index contributed by atoms with van der Waals surface area (Å²) < 4.78 is 2.70. The largest absolute Gasteiger partial charge is 0.480 e. The molecule has 0 aliphatic rings. The molecule has 8 nitrogen and oxygen atoms in total. The Bertz CT molecular complexity index is 982. The third-order valence-electron chi connectivity index (χ3n) is 3.37. The van der Waals surface area contributed by atoms with E-state index in [2.05, 4.69) is 9.97 Å². The second-order valence-corrected chi connectivity index (χ2v) is 4.86. The molecule has 0 atom stereocenters. The fourth-order valence-electron chi connectivity index (χ4n) is 2.39. The Hall–Kier alpha value is -3.16. The molecule has 112 valence electrons. The van der Waals surface area contributed by atoms with Gasteiger partial charge in [-0.05, 0) is 24.6 Å². The summed E-state index contributed by atoms with van der Waals surface area (Å²) in [5.74, 6) is -1.20. The van der Waals surface area contributed by atoms with Crippen LogP contribution in [0.4, 0.5) is 0 Å². The lowest BCUT2D eigenvalue weighted by Gasteiger charge is -2.12. The van der Waals surface area contributed by atoms with E-state index in [9.17, 15) is 14.4 Å². The summed E-state index contributed by atoms with van der Waals surface area (Å²) >= 11 is 0. The molecule has 1 aromatic carbocycles. The maximum absolute atomic E-state index is 11.9. The Morgan fingerprint density at radius 1 is 1.36 bits per heavy atom. The highest BCUT2D eigenvalue weighted by Crippen LogP contribution is 2.20. The van der Waals surface area contributed by atoms with Crippen molar-refractivity contribution in [3.8, 4) is 5.69 Å². The molecule has 2 N–H and O–H groups in total. The van der Waals surface area contributed by atoms with Crippen LogP contribution in [0.25, 0.3) is 16.7 Å². The summed E-state index contributed by atoms with van der Waals surface area (Å²) in [6.45, 7) is 1.27. The smallest absolute Gasteiger partial charge is 0.323 e. The molecule has 0 amide bonds. The van der Waals surface area contributed by atoms with Gasteiger partial charge in [0.15, 0.2) is 0 Å². The van der Waals surface area contributed by atoms with Gasteiger partial charge in [0.1, 0.15) is 6.54 Å². The number of nitrogens with zero attached hydrogens (tertiary/aromatic N) is 3. The Morgan fingerprint density at radius 2 is 2.14 bits per heavy atom. The van der Waals surface area contributed by atoms with Gasteiger partial charge in [0.05, 0.1) is 23.0 Å². The van der Waals surface area contributed by atoms with Crippen LogP contribution in [0.2, 0.25) is 0 Å². The molecule has 0 saturated carbocycles. The molecule has 3 aromatic rings. The zero-order valence-corrected chi connectivity index (χ0v) is 11.6. The lowest BCUT2D eigenvalue weighted by atomic mass is 10.1. The zero-order valence-electron chi connectivity index (χ0n) is 11.6. The average molecular weight is 300 g/mol. The summed E-state index contributed by atoms with van der Waals surface area (Å²) in [4.78, 5) is 41.0. The molecule has 22 heavy (non-hydrogen) atoms. The van der Waals surface area contributed by atoms with Gasteiger partial charge in [0.25, 0.3) is 0 Å². The van der Waals surface area contributed by atoms with E-state index < -0.39 is 23.6 Å². The molecule has 0 saturated heterocycles. The Labute approximate surface area is 123 Å². The number of fused-ring (bicyclic) bond motifs is 1. The number of hydrogen-bond donors (Lipinski definition) is 2. The second-order valence-electron chi connectivity index (χ2n) is 4.86. The Morgan fingerprint density at radius 3 is 2.77 bits per heavy atom. The monoisotopic (exact) mass is 300 g/mol. The topological polar surface area (TPSA) is 110 Å². The molecule has 8 heteroatoms. The molecule has 3 rings (SSSR count). The number of H-pyrrole nitrogens is 1. The molecule has 0 fully saturated rings. The number of carbonyl (C=O) groups is 1. The molecule has 0 aliphatic heterocycles. The highest BCUT2D eigenvalue weighted by Gasteiger charge is 2.13. The van der Waals surface area contributed by atoms with Crippen molar-refractivity contribution in [2.75, 3.05) is 0 Å². The van der Waals surface area contributed by atoms with E-state index in [1.807, 2.05) is 6.92 Å². The van der Waals surface area contributed by atoms with Crippen LogP contribution in [0.15, 0.2) is 40.4 Å². The molecular weight excluding hydrogens is 288 g/mol. The predicted molar refractivity (Wildman–Crippen MR) is 78.3 cm³/mol. The van der Waals surface area contributed by atoms with Crippen molar-refractivity contribution in [1.29, 1.82) is 0 Å². The number of aryl methyl sites for hydroxylation is 1. The minimum atomic E-state index is -1.20. The second kappa shape index (κ2) is 4.99. The number of hydrogen-bond acceptors (Lipinski definition) is 4. The number of imidazole rings is 1. The van der Waals surface area contributed by atoms with Crippen LogP contribution in [0.3, 0.4) is 0 Å². The van der Waals surface area contributed by atoms with E-state index >= 15 is 0 Å². The zero-order chi connectivity index (χ0) is 15.9. The van der Waals surface area contributed by atoms with Crippen molar-refractivity contribution in [2.24, 2.45) is 0 Å². The molecule has 2 aromatic heterocycles. The van der Waals surface area contributed by atoms with E-state index in [-0.39, 0.29) is 0 Å². The minimum absolute atomic E-state index is 0.348. The SMILES string of the molecule is Cc1cc2[nH]c(=O)c(=O)n(CC(=O)O)c2cc1-n1ccnc1. The highest BCUT2D eigenvalue weighted by atomic mass is 16.4. The normalized spacial score (nSPS) is 11.0. The average Bonchev–Trinajstić information content (AvgIpc) is 2.97. The third-order valence-corrected chi connectivity index (χ3v) is 3.37. The van der Waals surface area contributed by atoms with Crippen LogP contribution in [0.5, 0.6) is 0 Å². The summed E-state index contributed by atoms with van der Waals surface area (Å²) in [6.07, 6.45) is 4.94. The number of aromatic amines is 1. The van der Waals surface area contributed by atoms with E-state index in [1.165, 1.54) is 0 Å². The van der Waals surface area contributed by atoms with E-state index in [4.69, 9.17) is 5.11 Å². The van der Waals surface area contributed by atoms with Crippen LogP contribution >= 0.6 is 0 Å². The maximum atomic E-state index is 11.9. The first kappa shape index (κ1) is 13.8. The molecule has 0 unspecified atom stereocenters. The van der Waals surface area contributed by atoms with Crippen molar-refractivity contribution in [3.63, 3.8) is 0 Å². The van der Waals surface area contributed by atoms with E-state index in [0.717, 1.165) is 15.8 Å². The predicted octanol–water partition coefficient (Wildman–Crippen LogP) is 0.269. The molecule has 2 heterocycles. The van der Waals surface area contributed by atoms with Crippen LogP contribution in [-0.4, -0.2) is 30.2 Å². The number of carboxylic acid groups (broad SMARTS) is 1. The number of carboxylic acids is 1. The number of rotatable bonds is 3. The lowest BCUT2D eigenvalue weighted by molar-refractivity contribution is -0.137. The van der Waals surface area contributed by atoms with Gasteiger partial charge in [-0.25, -0.2) is 4.98 Å². The minimum Gasteiger partial charge on any atom is -0.480 e. The maximum Gasteiger partial charge on any atom is 0.323 e. The van der Waals surface area contributed by atoms with Gasteiger partial charge >= 0.3 is 17.1 Å². The first-order valence-electron chi connectivity index (χ1n) is 6.45.